The van der Waals surface area contributed by atoms with Crippen molar-refractivity contribution < 1.29 is 19.2 Å². The zero-order valence-corrected chi connectivity index (χ0v) is 32.5. The molecule has 0 aliphatic carbocycles. The first kappa shape index (κ1) is 35.3. The molecular weight excluding hydrogens is 705 g/mol. The van der Waals surface area contributed by atoms with Gasteiger partial charge in [-0.3, -0.25) is 24.1 Å². The van der Waals surface area contributed by atoms with Gasteiger partial charge < -0.3 is 0 Å². The molecule has 6 heteroatoms. The molecule has 0 saturated carbocycles. The smallest absolute Gasteiger partial charge is 0.265 e. The number of anilines is 1. The number of rotatable bonds is 12. The van der Waals surface area contributed by atoms with Crippen molar-refractivity contribution in [2.75, 3.05) is 4.90 Å². The van der Waals surface area contributed by atoms with Crippen LogP contribution in [0.25, 0.3) is 64.6 Å². The first-order valence-corrected chi connectivity index (χ1v) is 20.8. The second-order valence-corrected chi connectivity index (χ2v) is 16.2. The Balaban J connectivity index is 1.08. The van der Waals surface area contributed by atoms with Gasteiger partial charge in [0.2, 0.25) is 0 Å². The highest BCUT2D eigenvalue weighted by molar-refractivity contribution is 6.43. The number of carbonyl (C=O) groups is 4. The Kier molecular flexibility index (Phi) is 8.55. The van der Waals surface area contributed by atoms with Gasteiger partial charge in [-0.1, -0.05) is 120 Å². The van der Waals surface area contributed by atoms with E-state index >= 15 is 0 Å². The summed E-state index contributed by atoms with van der Waals surface area (Å²) < 4.78 is 0. The molecule has 0 spiro atoms. The SMILES string of the molecule is CCCCCCC(CCCCCC)N1C(=O)c2ccc3c4ccc5c6c(ccc(c7ccc(c2c37)C1=O)c64)C(=O)N(c1ccc2cc3ccccc3cc2c1)C5=O. The Morgan fingerprint density at radius 2 is 0.860 bits per heavy atom. The van der Waals surface area contributed by atoms with Crippen LogP contribution in [-0.2, 0) is 0 Å². The lowest BCUT2D eigenvalue weighted by Crippen LogP contribution is -2.47. The molecule has 57 heavy (non-hydrogen) atoms. The molecule has 8 aromatic carbocycles. The number of amides is 4. The standard InChI is InChI=1S/C51H44N2O4/c1-3-5-7-9-15-34(16-10-8-6-4-2)52-48(54)40-23-19-36-38-21-25-42-47-43(26-22-39(45(38)47)37-20-24-41(49(52)55)46(40)44(36)37)51(57)53(50(42)56)35-18-17-32-27-30-13-11-12-14-31(30)28-33(32)29-35/h11-14,17-29,34H,3-10,15-16H2,1-2H3. The van der Waals surface area contributed by atoms with E-state index in [4.69, 9.17) is 0 Å². The minimum atomic E-state index is -0.359. The molecule has 0 N–H and O–H groups in total. The number of unbranched alkanes of at least 4 members (excludes halogenated alkanes) is 6. The van der Waals surface area contributed by atoms with Gasteiger partial charge in [-0.25, -0.2) is 4.90 Å². The lowest BCUT2D eigenvalue weighted by atomic mass is 9.82. The normalized spacial score (nSPS) is 14.4. The third kappa shape index (κ3) is 5.37. The molecule has 10 rings (SSSR count). The van der Waals surface area contributed by atoms with E-state index in [2.05, 4.69) is 38.1 Å². The van der Waals surface area contributed by atoms with Gasteiger partial charge in [-0.05, 0) is 115 Å². The summed E-state index contributed by atoms with van der Waals surface area (Å²) in [6.45, 7) is 4.39. The van der Waals surface area contributed by atoms with E-state index < -0.39 is 0 Å². The fraction of sp³-hybridized carbons (Fsp3) is 0.255. The van der Waals surface area contributed by atoms with Crippen LogP contribution in [0, 0.1) is 0 Å². The van der Waals surface area contributed by atoms with Gasteiger partial charge in [0.15, 0.2) is 0 Å². The summed E-state index contributed by atoms with van der Waals surface area (Å²) in [6.07, 6.45) is 10.4. The Labute approximate surface area is 331 Å². The summed E-state index contributed by atoms with van der Waals surface area (Å²) in [4.78, 5) is 60.8. The summed E-state index contributed by atoms with van der Waals surface area (Å²) >= 11 is 0. The van der Waals surface area contributed by atoms with Crippen LogP contribution in [-0.4, -0.2) is 34.6 Å². The van der Waals surface area contributed by atoms with Gasteiger partial charge >= 0.3 is 0 Å². The van der Waals surface area contributed by atoms with Gasteiger partial charge in [0, 0.05) is 39.1 Å². The minimum absolute atomic E-state index is 0.129. The zero-order chi connectivity index (χ0) is 38.9. The second kappa shape index (κ2) is 13.8. The summed E-state index contributed by atoms with van der Waals surface area (Å²) in [5.74, 6) is -1.13. The minimum Gasteiger partial charge on any atom is -0.271 e. The van der Waals surface area contributed by atoms with Crippen LogP contribution >= 0.6 is 0 Å². The predicted octanol–water partition coefficient (Wildman–Crippen LogP) is 12.7. The van der Waals surface area contributed by atoms with Crippen LogP contribution in [0.4, 0.5) is 5.69 Å². The van der Waals surface area contributed by atoms with Crippen molar-refractivity contribution in [3.05, 3.63) is 125 Å². The van der Waals surface area contributed by atoms with E-state index in [1.165, 1.54) is 4.90 Å². The van der Waals surface area contributed by atoms with E-state index in [0.29, 0.717) is 38.7 Å². The highest BCUT2D eigenvalue weighted by Crippen LogP contribution is 2.47. The van der Waals surface area contributed by atoms with Crippen molar-refractivity contribution >= 4 is 94.0 Å². The lowest BCUT2D eigenvalue weighted by Gasteiger charge is -2.35. The maximum absolute atomic E-state index is 14.5. The summed E-state index contributed by atoms with van der Waals surface area (Å²) in [5.41, 5.74) is 2.61. The molecule has 2 heterocycles. The molecule has 4 amide bonds. The van der Waals surface area contributed by atoms with E-state index in [1.807, 2.05) is 78.9 Å². The Bertz CT molecular complexity index is 2870. The molecule has 0 bridgehead atoms. The Morgan fingerprint density at radius 3 is 1.33 bits per heavy atom. The number of carbonyl (C=O) groups excluding carboxylic acids is 4. The van der Waals surface area contributed by atoms with Gasteiger partial charge in [0.05, 0.1) is 5.69 Å². The molecule has 0 saturated heterocycles. The maximum atomic E-state index is 14.5. The van der Waals surface area contributed by atoms with Crippen LogP contribution < -0.4 is 4.90 Å². The molecule has 0 radical (unpaired) electrons. The van der Waals surface area contributed by atoms with Crippen LogP contribution in [0.15, 0.2) is 103 Å². The molecular formula is C51H44N2O4. The second-order valence-electron chi connectivity index (χ2n) is 16.2. The molecule has 282 valence electrons. The predicted molar refractivity (Wildman–Crippen MR) is 232 cm³/mol. The Morgan fingerprint density at radius 1 is 0.421 bits per heavy atom. The van der Waals surface area contributed by atoms with Crippen molar-refractivity contribution in [3.8, 4) is 0 Å². The molecule has 2 aliphatic rings. The van der Waals surface area contributed by atoms with Gasteiger partial charge in [-0.15, -0.1) is 0 Å². The molecule has 6 nitrogen and oxygen atoms in total. The van der Waals surface area contributed by atoms with Crippen molar-refractivity contribution in [2.45, 2.75) is 84.1 Å². The maximum Gasteiger partial charge on any atom is 0.265 e. The van der Waals surface area contributed by atoms with E-state index in [0.717, 1.165) is 118 Å². The molecule has 8 aromatic rings. The van der Waals surface area contributed by atoms with E-state index in [9.17, 15) is 19.2 Å². The number of imide groups is 2. The van der Waals surface area contributed by atoms with Crippen LogP contribution in [0.1, 0.15) is 119 Å². The van der Waals surface area contributed by atoms with E-state index in [-0.39, 0.29) is 29.7 Å². The van der Waals surface area contributed by atoms with Crippen LogP contribution in [0.5, 0.6) is 0 Å². The number of benzene rings is 8. The number of hydrogen-bond acceptors (Lipinski definition) is 4. The first-order valence-electron chi connectivity index (χ1n) is 20.8. The molecule has 0 aromatic heterocycles. The third-order valence-corrected chi connectivity index (χ3v) is 12.8. The van der Waals surface area contributed by atoms with Crippen molar-refractivity contribution in [1.29, 1.82) is 0 Å². The quantitative estimate of drug-likeness (QED) is 0.0539. The summed E-state index contributed by atoms with van der Waals surface area (Å²) in [7, 11) is 0. The zero-order valence-electron chi connectivity index (χ0n) is 32.5. The first-order chi connectivity index (χ1) is 27.9. The fourth-order valence-electron chi connectivity index (χ4n) is 9.94. The largest absolute Gasteiger partial charge is 0.271 e. The molecule has 0 unspecified atom stereocenters. The van der Waals surface area contributed by atoms with Crippen molar-refractivity contribution in [2.24, 2.45) is 0 Å². The average molecular weight is 749 g/mol. The van der Waals surface area contributed by atoms with Crippen LogP contribution in [0.2, 0.25) is 0 Å². The van der Waals surface area contributed by atoms with Crippen LogP contribution in [0.3, 0.4) is 0 Å². The average Bonchev–Trinajstić information content (AvgIpc) is 3.23. The molecule has 0 atom stereocenters. The number of fused-ring (bicyclic) bond motifs is 4. The van der Waals surface area contributed by atoms with Gasteiger partial charge in [-0.2, -0.15) is 0 Å². The van der Waals surface area contributed by atoms with E-state index in [1.54, 1.807) is 4.90 Å². The summed E-state index contributed by atoms with van der Waals surface area (Å²) in [5, 5.41) is 10.9. The number of hydrogen-bond donors (Lipinski definition) is 0. The fourth-order valence-corrected chi connectivity index (χ4v) is 9.94. The summed E-state index contributed by atoms with van der Waals surface area (Å²) in [6, 6.07) is 33.4. The third-order valence-electron chi connectivity index (χ3n) is 12.8. The Hall–Kier alpha value is -6.14. The molecule has 0 fully saturated rings. The van der Waals surface area contributed by atoms with Crippen molar-refractivity contribution in [3.63, 3.8) is 0 Å². The topological polar surface area (TPSA) is 74.8 Å². The monoisotopic (exact) mass is 748 g/mol. The molecule has 2 aliphatic heterocycles. The highest BCUT2D eigenvalue weighted by Gasteiger charge is 2.39. The van der Waals surface area contributed by atoms with Gasteiger partial charge in [0.25, 0.3) is 23.6 Å². The van der Waals surface area contributed by atoms with Crippen molar-refractivity contribution in [1.82, 2.24) is 4.90 Å². The lowest BCUT2D eigenvalue weighted by molar-refractivity contribution is 0.0516. The highest BCUT2D eigenvalue weighted by atomic mass is 16.2. The van der Waals surface area contributed by atoms with Gasteiger partial charge in [0.1, 0.15) is 0 Å². The number of nitrogens with zero attached hydrogens (tertiary/aromatic N) is 2.